The third-order valence-corrected chi connectivity index (χ3v) is 4.78. The molecule has 0 saturated carbocycles. The van der Waals surface area contributed by atoms with Crippen molar-refractivity contribution in [3.63, 3.8) is 0 Å². The highest BCUT2D eigenvalue weighted by molar-refractivity contribution is 6.45. The first kappa shape index (κ1) is 17.8. The molecule has 1 atom stereocenters. The highest BCUT2D eigenvalue weighted by Gasteiger charge is 2.32. The highest BCUT2D eigenvalue weighted by Crippen LogP contribution is 2.30. The Bertz CT molecular complexity index is 1010. The number of amidine groups is 2. The van der Waals surface area contributed by atoms with Gasteiger partial charge in [-0.1, -0.05) is 18.2 Å². The van der Waals surface area contributed by atoms with Gasteiger partial charge in [-0.25, -0.2) is 9.79 Å². The Morgan fingerprint density at radius 2 is 2.04 bits per heavy atom. The summed E-state index contributed by atoms with van der Waals surface area (Å²) in [4.78, 5) is 24.5. The van der Waals surface area contributed by atoms with E-state index in [9.17, 15) is 9.90 Å². The SMILES string of the molecule is CN(C)c1cccc(NC2=NC=CN3C2=NCC3c2cccc(C(=O)O)c2)c1. The first-order valence-electron chi connectivity index (χ1n) is 8.98. The summed E-state index contributed by atoms with van der Waals surface area (Å²) in [7, 11) is 4.00. The lowest BCUT2D eigenvalue weighted by Crippen LogP contribution is -2.37. The maximum atomic E-state index is 11.3. The molecular weight excluding hydrogens is 354 g/mol. The van der Waals surface area contributed by atoms with Crippen LogP contribution < -0.4 is 10.2 Å². The summed E-state index contributed by atoms with van der Waals surface area (Å²) in [5, 5.41) is 12.6. The van der Waals surface area contributed by atoms with Crippen LogP contribution in [-0.4, -0.2) is 48.3 Å². The number of benzene rings is 2. The van der Waals surface area contributed by atoms with E-state index in [1.54, 1.807) is 24.4 Å². The Morgan fingerprint density at radius 3 is 2.82 bits per heavy atom. The van der Waals surface area contributed by atoms with Crippen LogP contribution in [0.3, 0.4) is 0 Å². The molecule has 2 aromatic rings. The zero-order valence-electron chi connectivity index (χ0n) is 15.7. The van der Waals surface area contributed by atoms with Gasteiger partial charge in [-0.3, -0.25) is 4.99 Å². The number of aromatic carboxylic acids is 1. The molecule has 1 unspecified atom stereocenters. The summed E-state index contributed by atoms with van der Waals surface area (Å²) < 4.78 is 0. The van der Waals surface area contributed by atoms with Gasteiger partial charge in [0.2, 0.25) is 0 Å². The Kier molecular flexibility index (Phi) is 4.57. The Balaban J connectivity index is 1.56. The molecule has 0 amide bonds. The lowest BCUT2D eigenvalue weighted by atomic mass is 10.0. The second-order valence-electron chi connectivity index (χ2n) is 6.86. The molecule has 4 rings (SSSR count). The van der Waals surface area contributed by atoms with Crippen molar-refractivity contribution >= 4 is 29.0 Å². The first-order chi connectivity index (χ1) is 13.5. The molecule has 7 nitrogen and oxygen atoms in total. The van der Waals surface area contributed by atoms with Crippen LogP contribution in [0.4, 0.5) is 11.4 Å². The maximum absolute atomic E-state index is 11.3. The van der Waals surface area contributed by atoms with Gasteiger partial charge in [-0.15, -0.1) is 0 Å². The summed E-state index contributed by atoms with van der Waals surface area (Å²) in [6.07, 6.45) is 3.61. The molecule has 0 spiro atoms. The number of hydrogen-bond donors (Lipinski definition) is 2. The van der Waals surface area contributed by atoms with E-state index in [1.165, 1.54) is 0 Å². The molecule has 2 heterocycles. The molecular formula is C21H21N5O2. The molecule has 28 heavy (non-hydrogen) atoms. The number of nitrogens with zero attached hydrogens (tertiary/aromatic N) is 4. The average Bonchev–Trinajstić information content (AvgIpc) is 3.13. The van der Waals surface area contributed by atoms with Gasteiger partial charge in [0.1, 0.15) is 0 Å². The van der Waals surface area contributed by atoms with Gasteiger partial charge in [0.15, 0.2) is 11.7 Å². The minimum Gasteiger partial charge on any atom is -0.478 e. The molecule has 2 aromatic carbocycles. The molecule has 0 fully saturated rings. The molecule has 2 N–H and O–H groups in total. The highest BCUT2D eigenvalue weighted by atomic mass is 16.4. The quantitative estimate of drug-likeness (QED) is 0.858. The van der Waals surface area contributed by atoms with Gasteiger partial charge in [-0.05, 0) is 35.9 Å². The van der Waals surface area contributed by atoms with E-state index < -0.39 is 5.97 Å². The van der Waals surface area contributed by atoms with Gasteiger partial charge in [0.05, 0.1) is 18.2 Å². The van der Waals surface area contributed by atoms with Crippen molar-refractivity contribution in [2.24, 2.45) is 9.98 Å². The number of carboxylic acid groups (broad SMARTS) is 1. The Labute approximate surface area is 163 Å². The molecule has 0 radical (unpaired) electrons. The van der Waals surface area contributed by atoms with E-state index in [4.69, 9.17) is 0 Å². The summed E-state index contributed by atoms with van der Waals surface area (Å²) in [5.74, 6) is 0.499. The van der Waals surface area contributed by atoms with Crippen molar-refractivity contribution in [3.05, 3.63) is 72.1 Å². The maximum Gasteiger partial charge on any atom is 0.335 e. The predicted molar refractivity (Wildman–Crippen MR) is 111 cm³/mol. The zero-order chi connectivity index (χ0) is 19.7. The normalized spacial score (nSPS) is 17.6. The summed E-state index contributed by atoms with van der Waals surface area (Å²) >= 11 is 0. The van der Waals surface area contributed by atoms with Crippen LogP contribution in [0.15, 0.2) is 70.9 Å². The smallest absolute Gasteiger partial charge is 0.335 e. The third-order valence-electron chi connectivity index (χ3n) is 4.78. The lowest BCUT2D eigenvalue weighted by Gasteiger charge is -2.27. The number of rotatable bonds is 4. The minimum absolute atomic E-state index is 0.0500. The fraction of sp³-hybridized carbons (Fsp3) is 0.190. The number of nitrogens with one attached hydrogen (secondary N) is 1. The van der Waals surface area contributed by atoms with Crippen LogP contribution in [0.25, 0.3) is 0 Å². The first-order valence-corrected chi connectivity index (χ1v) is 8.98. The number of carbonyl (C=O) groups is 1. The number of aliphatic imine (C=N–C) groups is 2. The van der Waals surface area contributed by atoms with E-state index in [-0.39, 0.29) is 11.6 Å². The van der Waals surface area contributed by atoms with Gasteiger partial charge in [-0.2, -0.15) is 0 Å². The van der Waals surface area contributed by atoms with Gasteiger partial charge < -0.3 is 20.2 Å². The fourth-order valence-corrected chi connectivity index (χ4v) is 3.33. The van der Waals surface area contributed by atoms with Crippen LogP contribution in [-0.2, 0) is 0 Å². The van der Waals surface area contributed by atoms with E-state index in [0.29, 0.717) is 12.4 Å². The molecule has 2 aliphatic rings. The van der Waals surface area contributed by atoms with Gasteiger partial charge in [0, 0.05) is 37.9 Å². The van der Waals surface area contributed by atoms with E-state index in [0.717, 1.165) is 22.8 Å². The van der Waals surface area contributed by atoms with Crippen molar-refractivity contribution in [2.75, 3.05) is 30.9 Å². The van der Waals surface area contributed by atoms with Crippen molar-refractivity contribution in [2.45, 2.75) is 6.04 Å². The number of fused-ring (bicyclic) bond motifs is 1. The van der Waals surface area contributed by atoms with Crippen molar-refractivity contribution in [3.8, 4) is 0 Å². The molecule has 0 saturated heterocycles. The van der Waals surface area contributed by atoms with E-state index in [1.807, 2.05) is 54.4 Å². The predicted octanol–water partition coefficient (Wildman–Crippen LogP) is 3.20. The fourth-order valence-electron chi connectivity index (χ4n) is 3.33. The molecule has 0 aliphatic carbocycles. The monoisotopic (exact) mass is 375 g/mol. The van der Waals surface area contributed by atoms with Crippen molar-refractivity contribution in [1.29, 1.82) is 0 Å². The van der Waals surface area contributed by atoms with Crippen LogP contribution >= 0.6 is 0 Å². The molecule has 2 aliphatic heterocycles. The summed E-state index contributed by atoms with van der Waals surface area (Å²) in [5.41, 5.74) is 3.21. The number of anilines is 2. The van der Waals surface area contributed by atoms with Crippen LogP contribution in [0.5, 0.6) is 0 Å². The molecule has 7 heteroatoms. The second kappa shape index (κ2) is 7.19. The second-order valence-corrected chi connectivity index (χ2v) is 6.86. The van der Waals surface area contributed by atoms with Crippen LogP contribution in [0.1, 0.15) is 22.0 Å². The van der Waals surface area contributed by atoms with Crippen molar-refractivity contribution in [1.82, 2.24) is 4.90 Å². The summed E-state index contributed by atoms with van der Waals surface area (Å²) in [6.45, 7) is 0.543. The summed E-state index contributed by atoms with van der Waals surface area (Å²) in [6, 6.07) is 15.0. The van der Waals surface area contributed by atoms with Crippen molar-refractivity contribution < 1.29 is 9.90 Å². The zero-order valence-corrected chi connectivity index (χ0v) is 15.7. The lowest BCUT2D eigenvalue weighted by molar-refractivity contribution is 0.0696. The Morgan fingerprint density at radius 1 is 1.21 bits per heavy atom. The molecule has 142 valence electrons. The van der Waals surface area contributed by atoms with E-state index >= 15 is 0 Å². The van der Waals surface area contributed by atoms with Crippen LogP contribution in [0.2, 0.25) is 0 Å². The molecule has 0 aromatic heterocycles. The minimum atomic E-state index is -0.931. The average molecular weight is 375 g/mol. The standard InChI is InChI=1S/C21H21N5O2/c1-25(2)17-8-4-7-16(12-17)24-19-20-23-13-18(26(20)10-9-22-19)14-5-3-6-15(11-14)21(27)28/h3-12,18H,13H2,1-2H3,(H,22,24)(H,27,28). The molecule has 0 bridgehead atoms. The number of hydrogen-bond acceptors (Lipinski definition) is 6. The topological polar surface area (TPSA) is 80.5 Å². The Hall–Kier alpha value is -3.61. The third kappa shape index (κ3) is 3.34. The van der Waals surface area contributed by atoms with Gasteiger partial charge >= 0.3 is 5.97 Å². The van der Waals surface area contributed by atoms with Crippen LogP contribution in [0, 0.1) is 0 Å². The van der Waals surface area contributed by atoms with E-state index in [2.05, 4.69) is 21.4 Å². The largest absolute Gasteiger partial charge is 0.478 e. The number of carboxylic acids is 1. The van der Waals surface area contributed by atoms with Gasteiger partial charge in [0.25, 0.3) is 0 Å².